The fourth-order valence-electron chi connectivity index (χ4n) is 4.40. The monoisotopic (exact) mass is 459 g/mol. The Morgan fingerprint density at radius 1 is 1.18 bits per heavy atom. The van der Waals surface area contributed by atoms with Crippen LogP contribution in [0.3, 0.4) is 0 Å². The number of Topliss-reactive ketones (excluding diaryl/α,β-unsaturated/α-hetero) is 1. The first kappa shape index (κ1) is 25.3. The maximum atomic E-state index is 13.5. The van der Waals surface area contributed by atoms with Crippen LogP contribution in [0.25, 0.3) is 0 Å². The molecule has 0 bridgehead atoms. The van der Waals surface area contributed by atoms with Crippen LogP contribution in [0.1, 0.15) is 58.6 Å². The number of nitrogens with zero attached hydrogens (tertiary/aromatic N) is 2. The standard InChI is InChI=1S/C29H37N3O2/c1-6-30-17-9-11-19-34-24-15-13-23(14-16-24)28-27-25(20-29(3,4)21-26(27)33)31-22(2)12-8-7-10-18-32(28)5/h6-10,12-18,28,31H,11,19-21H2,1-5H3/b8-7-,17-9-,18-10+,22-12+,30-6?. The number of carbonyl (C=O) groups excluding carboxylic acids is 1. The lowest BCUT2D eigenvalue weighted by molar-refractivity contribution is -0.118. The molecule has 0 saturated heterocycles. The van der Waals surface area contributed by atoms with Gasteiger partial charge in [0, 0.05) is 49.3 Å². The summed E-state index contributed by atoms with van der Waals surface area (Å²) < 4.78 is 5.88. The van der Waals surface area contributed by atoms with Gasteiger partial charge in [-0.2, -0.15) is 0 Å². The summed E-state index contributed by atoms with van der Waals surface area (Å²) in [4.78, 5) is 19.7. The predicted molar refractivity (Wildman–Crippen MR) is 141 cm³/mol. The summed E-state index contributed by atoms with van der Waals surface area (Å²) in [6, 6.07) is 7.92. The average molecular weight is 460 g/mol. The fraction of sp³-hybridized carbons (Fsp3) is 0.379. The third-order valence-corrected chi connectivity index (χ3v) is 5.93. The summed E-state index contributed by atoms with van der Waals surface area (Å²) in [7, 11) is 2.03. The predicted octanol–water partition coefficient (Wildman–Crippen LogP) is 6.25. The Hall–Kier alpha value is -3.34. The molecule has 180 valence electrons. The highest BCUT2D eigenvalue weighted by Crippen LogP contribution is 2.42. The van der Waals surface area contributed by atoms with Crippen LogP contribution in [-0.4, -0.2) is 30.6 Å². The third-order valence-electron chi connectivity index (χ3n) is 5.93. The molecule has 3 rings (SSSR count). The van der Waals surface area contributed by atoms with Gasteiger partial charge in [-0.05, 0) is 61.7 Å². The van der Waals surface area contributed by atoms with Crippen molar-refractivity contribution in [2.45, 2.75) is 53.0 Å². The van der Waals surface area contributed by atoms with Crippen molar-refractivity contribution in [3.8, 4) is 5.75 Å². The first-order valence-corrected chi connectivity index (χ1v) is 11.9. The number of hydrogen-bond donors (Lipinski definition) is 1. The maximum absolute atomic E-state index is 13.5. The van der Waals surface area contributed by atoms with Crippen molar-refractivity contribution in [3.05, 3.63) is 89.6 Å². The van der Waals surface area contributed by atoms with E-state index >= 15 is 0 Å². The van der Waals surface area contributed by atoms with E-state index in [0.29, 0.717) is 13.0 Å². The smallest absolute Gasteiger partial charge is 0.163 e. The summed E-state index contributed by atoms with van der Waals surface area (Å²) in [5.74, 6) is 1.02. The molecule has 0 radical (unpaired) electrons. The van der Waals surface area contributed by atoms with Gasteiger partial charge in [-0.3, -0.25) is 9.79 Å². The molecule has 1 atom stereocenters. The topological polar surface area (TPSA) is 53.9 Å². The molecule has 0 spiro atoms. The zero-order valence-electron chi connectivity index (χ0n) is 21.0. The summed E-state index contributed by atoms with van der Waals surface area (Å²) in [5.41, 5.74) is 3.86. The Bertz CT molecular complexity index is 1040. The van der Waals surface area contributed by atoms with Crippen molar-refractivity contribution < 1.29 is 9.53 Å². The van der Waals surface area contributed by atoms with E-state index in [1.807, 2.05) is 69.6 Å². The molecule has 1 N–H and O–H groups in total. The van der Waals surface area contributed by atoms with E-state index in [1.54, 1.807) is 12.4 Å². The average Bonchev–Trinajstić information content (AvgIpc) is 2.80. The molecule has 0 fully saturated rings. The van der Waals surface area contributed by atoms with Crippen LogP contribution in [-0.2, 0) is 4.79 Å². The zero-order valence-corrected chi connectivity index (χ0v) is 21.0. The van der Waals surface area contributed by atoms with Gasteiger partial charge >= 0.3 is 0 Å². The molecular formula is C29H37N3O2. The van der Waals surface area contributed by atoms with Gasteiger partial charge in [-0.25, -0.2) is 0 Å². The lowest BCUT2D eigenvalue weighted by Crippen LogP contribution is -2.36. The second-order valence-electron chi connectivity index (χ2n) is 9.60. The molecule has 2 aliphatic rings. The van der Waals surface area contributed by atoms with Crippen molar-refractivity contribution >= 4 is 12.0 Å². The molecule has 34 heavy (non-hydrogen) atoms. The van der Waals surface area contributed by atoms with Gasteiger partial charge in [0.05, 0.1) is 12.6 Å². The van der Waals surface area contributed by atoms with Gasteiger partial charge in [-0.15, -0.1) is 0 Å². The third kappa shape index (κ3) is 6.83. The summed E-state index contributed by atoms with van der Waals surface area (Å²) in [6.45, 7) is 8.84. The number of hydrogen-bond acceptors (Lipinski definition) is 5. The van der Waals surface area contributed by atoms with Gasteiger partial charge in [0.15, 0.2) is 5.78 Å². The highest BCUT2D eigenvalue weighted by Gasteiger charge is 2.38. The first-order valence-electron chi connectivity index (χ1n) is 11.9. The fourth-order valence-corrected chi connectivity index (χ4v) is 4.40. The lowest BCUT2D eigenvalue weighted by Gasteiger charge is -2.38. The maximum Gasteiger partial charge on any atom is 0.163 e. The highest BCUT2D eigenvalue weighted by molar-refractivity contribution is 5.99. The number of rotatable bonds is 6. The van der Waals surface area contributed by atoms with E-state index in [0.717, 1.165) is 41.1 Å². The summed E-state index contributed by atoms with van der Waals surface area (Å²) in [5, 5.41) is 3.56. The molecule has 1 heterocycles. The zero-order chi connectivity index (χ0) is 24.6. The normalized spacial score (nSPS) is 24.3. The number of benzene rings is 1. The molecule has 5 nitrogen and oxygen atoms in total. The van der Waals surface area contributed by atoms with Crippen molar-refractivity contribution in [2.75, 3.05) is 13.7 Å². The Kier molecular flexibility index (Phi) is 8.69. The van der Waals surface area contributed by atoms with Crippen molar-refractivity contribution in [2.24, 2.45) is 10.4 Å². The summed E-state index contributed by atoms with van der Waals surface area (Å²) in [6.07, 6.45) is 17.8. The first-order chi connectivity index (χ1) is 16.3. The van der Waals surface area contributed by atoms with Gasteiger partial charge in [0.1, 0.15) is 5.75 Å². The van der Waals surface area contributed by atoms with E-state index < -0.39 is 0 Å². The van der Waals surface area contributed by atoms with E-state index in [2.05, 4.69) is 41.2 Å². The molecule has 1 aliphatic heterocycles. The van der Waals surface area contributed by atoms with Crippen LogP contribution in [0.15, 0.2) is 89.0 Å². The van der Waals surface area contributed by atoms with Crippen LogP contribution in [0.5, 0.6) is 5.75 Å². The Labute approximate surface area is 204 Å². The van der Waals surface area contributed by atoms with Crippen LogP contribution >= 0.6 is 0 Å². The van der Waals surface area contributed by atoms with E-state index in [1.165, 1.54) is 0 Å². The minimum atomic E-state index is -0.189. The summed E-state index contributed by atoms with van der Waals surface area (Å²) >= 11 is 0. The highest BCUT2D eigenvalue weighted by atomic mass is 16.5. The quantitative estimate of drug-likeness (QED) is 0.403. The van der Waals surface area contributed by atoms with Crippen LogP contribution in [0.4, 0.5) is 0 Å². The second-order valence-corrected chi connectivity index (χ2v) is 9.60. The van der Waals surface area contributed by atoms with E-state index in [9.17, 15) is 4.79 Å². The van der Waals surface area contributed by atoms with Crippen LogP contribution in [0.2, 0.25) is 0 Å². The molecule has 0 aromatic heterocycles. The van der Waals surface area contributed by atoms with Crippen molar-refractivity contribution in [3.63, 3.8) is 0 Å². The molecule has 1 aromatic rings. The van der Waals surface area contributed by atoms with E-state index in [-0.39, 0.29) is 17.2 Å². The van der Waals surface area contributed by atoms with Crippen molar-refractivity contribution in [1.29, 1.82) is 0 Å². The van der Waals surface area contributed by atoms with Gasteiger partial charge in [0.25, 0.3) is 0 Å². The number of likely N-dealkylation sites (N-methyl/N-ethyl adjacent to an activating group) is 1. The van der Waals surface area contributed by atoms with Gasteiger partial charge < -0.3 is 15.0 Å². The lowest BCUT2D eigenvalue weighted by atomic mass is 9.73. The number of allylic oxidation sites excluding steroid dienone is 6. The van der Waals surface area contributed by atoms with Crippen LogP contribution < -0.4 is 10.1 Å². The molecular weight excluding hydrogens is 422 g/mol. The number of ketones is 1. The Balaban J connectivity index is 1.93. The minimum Gasteiger partial charge on any atom is -0.493 e. The molecule has 1 unspecified atom stereocenters. The minimum absolute atomic E-state index is 0.0766. The Morgan fingerprint density at radius 3 is 2.68 bits per heavy atom. The molecule has 0 saturated carbocycles. The SMILES string of the molecule is CC=N/C=C\CCOc1ccc(C2C3=C(CC(C)(C)CC3=O)N/C(C)=C/C=C\C=C\N2C)cc1. The molecule has 1 aliphatic carbocycles. The van der Waals surface area contributed by atoms with Crippen molar-refractivity contribution in [1.82, 2.24) is 10.2 Å². The molecule has 0 amide bonds. The van der Waals surface area contributed by atoms with Crippen LogP contribution in [0, 0.1) is 5.41 Å². The largest absolute Gasteiger partial charge is 0.493 e. The van der Waals surface area contributed by atoms with Gasteiger partial charge in [-0.1, -0.05) is 44.2 Å². The Morgan fingerprint density at radius 2 is 1.94 bits per heavy atom. The molecule has 5 heteroatoms. The number of aliphatic imine (C=N–C) groups is 1. The number of ether oxygens (including phenoxy) is 1. The number of carbonyl (C=O) groups is 1. The number of nitrogens with one attached hydrogen (secondary N) is 1. The second kappa shape index (κ2) is 11.7. The molecule has 1 aromatic carbocycles. The van der Waals surface area contributed by atoms with Gasteiger partial charge in [0.2, 0.25) is 0 Å². The van der Waals surface area contributed by atoms with E-state index in [4.69, 9.17) is 4.74 Å².